The summed E-state index contributed by atoms with van der Waals surface area (Å²) in [6, 6.07) is 75.4. The molecule has 330 valence electrons. The van der Waals surface area contributed by atoms with Crippen molar-refractivity contribution in [3.8, 4) is 11.1 Å². The van der Waals surface area contributed by atoms with Gasteiger partial charge in [0, 0.05) is 45.0 Å². The molecule has 9 rings (SSSR count). The van der Waals surface area contributed by atoms with Crippen molar-refractivity contribution in [3.63, 3.8) is 0 Å². The molecule has 0 aromatic heterocycles. The molecule has 67 heavy (non-hydrogen) atoms. The fourth-order valence-electron chi connectivity index (χ4n) is 9.20. The van der Waals surface area contributed by atoms with Crippen LogP contribution in [0.1, 0.15) is 69.4 Å². The van der Waals surface area contributed by atoms with E-state index >= 15 is 0 Å². The van der Waals surface area contributed by atoms with Crippen molar-refractivity contribution in [3.05, 3.63) is 264 Å². The molecule has 0 N–H and O–H groups in total. The quantitative estimate of drug-likeness (QED) is 0.107. The Balaban J connectivity index is 1.03. The van der Waals surface area contributed by atoms with Gasteiger partial charge >= 0.3 is 0 Å². The normalized spacial score (nSPS) is 12.3. The zero-order valence-electron chi connectivity index (χ0n) is 40.0. The number of aryl methyl sites for hydroxylation is 1. The molecule has 0 saturated carbocycles. The molecule has 0 radical (unpaired) electrons. The van der Waals surface area contributed by atoms with Crippen LogP contribution in [-0.4, -0.2) is 0 Å². The van der Waals surface area contributed by atoms with E-state index in [1.54, 1.807) is 0 Å². The Morgan fingerprint density at radius 3 is 1.40 bits per heavy atom. The summed E-state index contributed by atoms with van der Waals surface area (Å²) in [5.74, 6) is 0. The van der Waals surface area contributed by atoms with E-state index in [9.17, 15) is 0 Å². The van der Waals surface area contributed by atoms with Gasteiger partial charge in [-0.25, -0.2) is 0 Å². The lowest BCUT2D eigenvalue weighted by Crippen LogP contribution is -2.19. The topological polar surface area (TPSA) is 6.48 Å². The number of anilines is 5. The highest BCUT2D eigenvalue weighted by Crippen LogP contribution is 2.41. The summed E-state index contributed by atoms with van der Waals surface area (Å²) in [5.41, 5.74) is 16.3. The zero-order chi connectivity index (χ0) is 46.7. The average molecular weight is 869 g/mol. The van der Waals surface area contributed by atoms with Gasteiger partial charge in [-0.1, -0.05) is 203 Å². The average Bonchev–Trinajstić information content (AvgIpc) is 3.36. The first-order valence-electron chi connectivity index (χ1n) is 23.4. The summed E-state index contributed by atoms with van der Waals surface area (Å²) in [4.78, 5) is 4.73. The zero-order valence-corrected chi connectivity index (χ0v) is 40.0. The second kappa shape index (κ2) is 18.7. The van der Waals surface area contributed by atoms with Gasteiger partial charge < -0.3 is 9.80 Å². The fraction of sp³-hybridized carbons (Fsp3) is 0.138. The monoisotopic (exact) mass is 868 g/mol. The Morgan fingerprint density at radius 2 is 0.866 bits per heavy atom. The minimum absolute atomic E-state index is 0.134. The fourth-order valence-corrected chi connectivity index (χ4v) is 9.20. The van der Waals surface area contributed by atoms with Crippen LogP contribution in [0.3, 0.4) is 0 Å². The Kier molecular flexibility index (Phi) is 12.4. The van der Waals surface area contributed by atoms with Crippen LogP contribution in [0, 0.1) is 6.92 Å². The lowest BCUT2D eigenvalue weighted by atomic mass is 9.78. The molecule has 0 saturated heterocycles. The summed E-state index contributed by atoms with van der Waals surface area (Å²) in [7, 11) is 0. The molecule has 0 unspecified atom stereocenters. The molecular weight excluding hydrogens is 809 g/mol. The minimum Gasteiger partial charge on any atom is -0.314 e. The van der Waals surface area contributed by atoms with Crippen LogP contribution in [-0.2, 0) is 10.8 Å². The maximum Gasteiger partial charge on any atom is 0.0468 e. The number of nitrogens with zero attached hydrogens (tertiary/aromatic N) is 2. The van der Waals surface area contributed by atoms with E-state index in [0.717, 1.165) is 50.8 Å². The van der Waals surface area contributed by atoms with Crippen LogP contribution in [0.4, 0.5) is 28.4 Å². The molecule has 0 aliphatic heterocycles. The number of rotatable bonds is 13. The van der Waals surface area contributed by atoms with Crippen LogP contribution < -0.4 is 9.80 Å². The highest BCUT2D eigenvalue weighted by Gasteiger charge is 2.25. The number of benzene rings is 9. The van der Waals surface area contributed by atoms with E-state index in [1.165, 1.54) is 49.4 Å². The molecule has 2 nitrogen and oxygen atoms in total. The van der Waals surface area contributed by atoms with Gasteiger partial charge in [-0.3, -0.25) is 0 Å². The third-order valence-corrected chi connectivity index (χ3v) is 14.0. The maximum atomic E-state index is 3.93. The van der Waals surface area contributed by atoms with E-state index in [0.29, 0.717) is 0 Å². The maximum absolute atomic E-state index is 3.93. The molecule has 0 spiro atoms. The number of hydrogen-bond donors (Lipinski definition) is 0. The van der Waals surface area contributed by atoms with Crippen LogP contribution in [0.5, 0.6) is 0 Å². The third kappa shape index (κ3) is 9.26. The van der Waals surface area contributed by atoms with Crippen molar-refractivity contribution >= 4 is 56.1 Å². The summed E-state index contributed by atoms with van der Waals surface area (Å²) in [5, 5.41) is 4.88. The van der Waals surface area contributed by atoms with Crippen molar-refractivity contribution in [1.82, 2.24) is 0 Å². The van der Waals surface area contributed by atoms with Gasteiger partial charge in [0.2, 0.25) is 0 Å². The van der Waals surface area contributed by atoms with Crippen molar-refractivity contribution in [2.45, 2.75) is 59.3 Å². The van der Waals surface area contributed by atoms with Crippen LogP contribution >= 0.6 is 0 Å². The van der Waals surface area contributed by atoms with Gasteiger partial charge in [0.1, 0.15) is 0 Å². The summed E-state index contributed by atoms with van der Waals surface area (Å²) in [6.45, 7) is 19.7. The molecule has 0 amide bonds. The Hall–Kier alpha value is -7.68. The smallest absolute Gasteiger partial charge is 0.0468 e. The van der Waals surface area contributed by atoms with Crippen molar-refractivity contribution < 1.29 is 0 Å². The summed E-state index contributed by atoms with van der Waals surface area (Å²) in [6.07, 6.45) is 6.44. The first-order valence-corrected chi connectivity index (χ1v) is 23.4. The molecule has 9 aromatic carbocycles. The number of fused-ring (bicyclic) bond motifs is 2. The SMILES string of the molecule is C=Cc1ccc(C(C)(C)C(C)=CC=C(C)N(c2ccc(-c3ccc(N(c4ccc(C(C)(C)c5ccc(C)cc5)cc4)c4ccc5ccccc5c4)cc3)cc2)c2ccc3ccccc3c2)cc1. The van der Waals surface area contributed by atoms with Gasteiger partial charge in [0.25, 0.3) is 0 Å². The van der Waals surface area contributed by atoms with Gasteiger partial charge in [-0.15, -0.1) is 0 Å². The van der Waals surface area contributed by atoms with Crippen LogP contribution in [0.15, 0.2) is 236 Å². The van der Waals surface area contributed by atoms with Crippen molar-refractivity contribution in [2.75, 3.05) is 9.80 Å². The molecule has 2 heteroatoms. The highest BCUT2D eigenvalue weighted by atomic mass is 15.1. The molecule has 0 heterocycles. The third-order valence-electron chi connectivity index (χ3n) is 14.0. The van der Waals surface area contributed by atoms with E-state index in [2.05, 4.69) is 283 Å². The van der Waals surface area contributed by atoms with E-state index in [-0.39, 0.29) is 10.8 Å². The molecule has 0 atom stereocenters. The first kappa shape index (κ1) is 44.5. The largest absolute Gasteiger partial charge is 0.314 e. The van der Waals surface area contributed by atoms with Crippen LogP contribution in [0.2, 0.25) is 0 Å². The Bertz CT molecular complexity index is 3240. The molecule has 0 aliphatic carbocycles. The summed E-state index contributed by atoms with van der Waals surface area (Å²) >= 11 is 0. The Labute approximate surface area is 398 Å². The van der Waals surface area contributed by atoms with E-state index in [4.69, 9.17) is 0 Å². The van der Waals surface area contributed by atoms with Gasteiger partial charge in [-0.05, 0) is 142 Å². The van der Waals surface area contributed by atoms with E-state index < -0.39 is 0 Å². The van der Waals surface area contributed by atoms with Gasteiger partial charge in [0.15, 0.2) is 0 Å². The lowest BCUT2D eigenvalue weighted by Gasteiger charge is -2.29. The second-order valence-corrected chi connectivity index (χ2v) is 19.0. The van der Waals surface area contributed by atoms with Crippen molar-refractivity contribution in [2.24, 2.45) is 0 Å². The molecular formula is C65H60N2. The lowest BCUT2D eigenvalue weighted by molar-refractivity contribution is 0.623. The van der Waals surface area contributed by atoms with Gasteiger partial charge in [0.05, 0.1) is 0 Å². The number of hydrogen-bond acceptors (Lipinski definition) is 2. The van der Waals surface area contributed by atoms with E-state index in [1.807, 2.05) is 6.08 Å². The van der Waals surface area contributed by atoms with Crippen LogP contribution in [0.25, 0.3) is 38.7 Å². The molecule has 9 aromatic rings. The highest BCUT2D eigenvalue weighted by molar-refractivity contribution is 5.90. The van der Waals surface area contributed by atoms with Crippen molar-refractivity contribution in [1.29, 1.82) is 0 Å². The predicted octanol–water partition coefficient (Wildman–Crippen LogP) is 18.4. The molecule has 0 fully saturated rings. The molecule has 0 aliphatic rings. The second-order valence-electron chi connectivity index (χ2n) is 19.0. The standard InChI is InChI=1S/C65H60N2/c1-9-49-22-32-56(33-23-49)64(5,6)47(3)20-21-48(4)66(62-40-28-50-14-10-12-16-54(50)44-62)59-36-24-52(25-37-59)53-26-38-60(39-27-53)67(63-41-29-51-15-11-13-17-55(51)45-63)61-42-34-58(35-43-61)65(7,8)57-30-18-46(2)19-31-57/h9-45H,1H2,2-8H3. The first-order chi connectivity index (χ1) is 32.4. The number of allylic oxidation sites excluding steroid dienone is 4. The predicted molar refractivity (Wildman–Crippen MR) is 291 cm³/mol. The Morgan fingerprint density at radius 1 is 0.433 bits per heavy atom. The molecule has 0 bridgehead atoms. The van der Waals surface area contributed by atoms with Gasteiger partial charge in [-0.2, -0.15) is 0 Å². The summed E-state index contributed by atoms with van der Waals surface area (Å²) < 4.78 is 0. The minimum atomic E-state index is -0.141.